The van der Waals surface area contributed by atoms with Crippen molar-refractivity contribution >= 4 is 11.8 Å². The lowest BCUT2D eigenvalue weighted by Gasteiger charge is -2.39. The predicted molar refractivity (Wildman–Crippen MR) is 94.3 cm³/mol. The number of pyridine rings is 1. The Morgan fingerprint density at radius 2 is 2.00 bits per heavy atom. The van der Waals surface area contributed by atoms with Gasteiger partial charge in [-0.05, 0) is 37.4 Å². The minimum atomic E-state index is -0.692. The molecule has 0 bridgehead atoms. The molecule has 3 rings (SSSR count). The number of piperazine rings is 1. The summed E-state index contributed by atoms with van der Waals surface area (Å²) in [6.45, 7) is 8.17. The van der Waals surface area contributed by atoms with Crippen molar-refractivity contribution in [2.24, 2.45) is 5.92 Å². The van der Waals surface area contributed by atoms with Gasteiger partial charge in [-0.2, -0.15) is 0 Å². The molecule has 2 aliphatic rings. The standard InChI is InChI=1S/C18H28N4O2/c23-18(24)6-9-20-8-3-4-16(14-20)15-21-10-12-22(13-11-21)17-5-1-2-7-19-17/h1-2,5,7,16H,3-4,6,8-15H2,(H,23,24). The molecule has 0 aromatic carbocycles. The van der Waals surface area contributed by atoms with Crippen LogP contribution in [0.2, 0.25) is 0 Å². The highest BCUT2D eigenvalue weighted by Crippen LogP contribution is 2.19. The fourth-order valence-corrected chi connectivity index (χ4v) is 3.82. The first-order chi connectivity index (χ1) is 11.7. The van der Waals surface area contributed by atoms with E-state index >= 15 is 0 Å². The SMILES string of the molecule is O=C(O)CCN1CCCC(CN2CCN(c3ccccn3)CC2)C1. The molecule has 1 aromatic rings. The van der Waals surface area contributed by atoms with E-state index in [1.165, 1.54) is 12.8 Å². The van der Waals surface area contributed by atoms with E-state index in [0.29, 0.717) is 12.5 Å². The van der Waals surface area contributed by atoms with Gasteiger partial charge in [0.05, 0.1) is 6.42 Å². The summed E-state index contributed by atoms with van der Waals surface area (Å²) < 4.78 is 0. The highest BCUT2D eigenvalue weighted by Gasteiger charge is 2.24. The highest BCUT2D eigenvalue weighted by atomic mass is 16.4. The molecular formula is C18H28N4O2. The van der Waals surface area contributed by atoms with Crippen molar-refractivity contribution in [3.05, 3.63) is 24.4 Å². The van der Waals surface area contributed by atoms with Crippen molar-refractivity contribution in [3.63, 3.8) is 0 Å². The minimum Gasteiger partial charge on any atom is -0.481 e. The molecule has 0 amide bonds. The number of hydrogen-bond donors (Lipinski definition) is 1. The van der Waals surface area contributed by atoms with Gasteiger partial charge in [-0.3, -0.25) is 9.69 Å². The van der Waals surface area contributed by atoms with Crippen molar-refractivity contribution in [1.29, 1.82) is 0 Å². The molecule has 2 saturated heterocycles. The van der Waals surface area contributed by atoms with E-state index in [-0.39, 0.29) is 6.42 Å². The van der Waals surface area contributed by atoms with Crippen LogP contribution in [0, 0.1) is 5.92 Å². The Balaban J connectivity index is 1.41. The van der Waals surface area contributed by atoms with Crippen molar-refractivity contribution in [1.82, 2.24) is 14.8 Å². The first kappa shape index (κ1) is 17.2. The average Bonchev–Trinajstić information content (AvgIpc) is 2.62. The average molecular weight is 332 g/mol. The normalized spacial score (nSPS) is 23.3. The molecule has 0 spiro atoms. The molecule has 24 heavy (non-hydrogen) atoms. The second kappa shape index (κ2) is 8.44. The van der Waals surface area contributed by atoms with Gasteiger partial charge >= 0.3 is 5.97 Å². The van der Waals surface area contributed by atoms with Gasteiger partial charge in [-0.15, -0.1) is 0 Å². The smallest absolute Gasteiger partial charge is 0.304 e. The molecule has 2 aliphatic heterocycles. The zero-order valence-corrected chi connectivity index (χ0v) is 14.3. The van der Waals surface area contributed by atoms with Crippen LogP contribution in [0.5, 0.6) is 0 Å². The zero-order chi connectivity index (χ0) is 16.8. The van der Waals surface area contributed by atoms with Crippen LogP contribution in [-0.4, -0.2) is 78.2 Å². The number of carbonyl (C=O) groups is 1. The third-order valence-corrected chi connectivity index (χ3v) is 5.11. The van der Waals surface area contributed by atoms with Crippen LogP contribution in [0.15, 0.2) is 24.4 Å². The molecule has 1 N–H and O–H groups in total. The molecule has 2 fully saturated rings. The largest absolute Gasteiger partial charge is 0.481 e. The van der Waals surface area contributed by atoms with Gasteiger partial charge in [0, 0.05) is 52.0 Å². The van der Waals surface area contributed by atoms with E-state index < -0.39 is 5.97 Å². The van der Waals surface area contributed by atoms with Crippen molar-refractivity contribution in [2.75, 3.05) is 57.3 Å². The molecule has 3 heterocycles. The first-order valence-corrected chi connectivity index (χ1v) is 9.03. The maximum Gasteiger partial charge on any atom is 0.304 e. The van der Waals surface area contributed by atoms with Crippen molar-refractivity contribution < 1.29 is 9.90 Å². The topological polar surface area (TPSA) is 59.9 Å². The molecule has 1 atom stereocenters. The van der Waals surface area contributed by atoms with Crippen LogP contribution in [0.1, 0.15) is 19.3 Å². The van der Waals surface area contributed by atoms with Crippen molar-refractivity contribution in [3.8, 4) is 0 Å². The van der Waals surface area contributed by atoms with Gasteiger partial charge < -0.3 is 14.9 Å². The Morgan fingerprint density at radius 1 is 1.17 bits per heavy atom. The second-order valence-electron chi connectivity index (χ2n) is 6.93. The summed E-state index contributed by atoms with van der Waals surface area (Å²) in [5.74, 6) is 1.06. The lowest BCUT2D eigenvalue weighted by Crippen LogP contribution is -2.50. The van der Waals surface area contributed by atoms with Gasteiger partial charge in [0.1, 0.15) is 5.82 Å². The predicted octanol–water partition coefficient (Wildman–Crippen LogP) is 1.39. The van der Waals surface area contributed by atoms with E-state index in [1.54, 1.807) is 0 Å². The monoisotopic (exact) mass is 332 g/mol. The van der Waals surface area contributed by atoms with Crippen LogP contribution in [0.25, 0.3) is 0 Å². The van der Waals surface area contributed by atoms with Gasteiger partial charge in [0.25, 0.3) is 0 Å². The van der Waals surface area contributed by atoms with Crippen LogP contribution in [-0.2, 0) is 4.79 Å². The third kappa shape index (κ3) is 4.92. The molecule has 6 nitrogen and oxygen atoms in total. The minimum absolute atomic E-state index is 0.259. The Hall–Kier alpha value is -1.66. The van der Waals surface area contributed by atoms with E-state index in [9.17, 15) is 4.79 Å². The van der Waals surface area contributed by atoms with E-state index in [4.69, 9.17) is 5.11 Å². The number of rotatable bonds is 6. The zero-order valence-electron chi connectivity index (χ0n) is 14.3. The Kier molecular flexibility index (Phi) is 6.04. The van der Waals surface area contributed by atoms with Gasteiger partial charge in [-0.1, -0.05) is 6.07 Å². The molecule has 0 saturated carbocycles. The van der Waals surface area contributed by atoms with Crippen LogP contribution >= 0.6 is 0 Å². The lowest BCUT2D eigenvalue weighted by molar-refractivity contribution is -0.137. The van der Waals surface area contributed by atoms with E-state index in [1.807, 2.05) is 18.3 Å². The number of hydrogen-bond acceptors (Lipinski definition) is 5. The molecule has 0 aliphatic carbocycles. The summed E-state index contributed by atoms with van der Waals surface area (Å²) in [6, 6.07) is 6.08. The lowest BCUT2D eigenvalue weighted by atomic mass is 9.97. The second-order valence-corrected chi connectivity index (χ2v) is 6.93. The van der Waals surface area contributed by atoms with Crippen LogP contribution < -0.4 is 4.90 Å². The van der Waals surface area contributed by atoms with Gasteiger partial charge in [-0.25, -0.2) is 4.98 Å². The maximum absolute atomic E-state index is 10.7. The summed E-state index contributed by atoms with van der Waals surface area (Å²) in [4.78, 5) is 22.4. The summed E-state index contributed by atoms with van der Waals surface area (Å²) in [5.41, 5.74) is 0. The fourth-order valence-electron chi connectivity index (χ4n) is 3.82. The Morgan fingerprint density at radius 3 is 2.71 bits per heavy atom. The fraction of sp³-hybridized carbons (Fsp3) is 0.667. The van der Waals surface area contributed by atoms with Gasteiger partial charge in [0.15, 0.2) is 0 Å². The Bertz CT molecular complexity index is 517. The third-order valence-electron chi connectivity index (χ3n) is 5.11. The quantitative estimate of drug-likeness (QED) is 0.849. The number of likely N-dealkylation sites (tertiary alicyclic amines) is 1. The summed E-state index contributed by atoms with van der Waals surface area (Å²) in [5, 5.41) is 8.85. The number of aromatic nitrogens is 1. The first-order valence-electron chi connectivity index (χ1n) is 9.03. The molecule has 6 heteroatoms. The van der Waals surface area contributed by atoms with Crippen LogP contribution in [0.4, 0.5) is 5.82 Å². The highest BCUT2D eigenvalue weighted by molar-refractivity contribution is 5.66. The maximum atomic E-state index is 10.7. The molecule has 1 unspecified atom stereocenters. The van der Waals surface area contributed by atoms with Crippen LogP contribution in [0.3, 0.4) is 0 Å². The number of carboxylic acid groups (broad SMARTS) is 1. The van der Waals surface area contributed by atoms with Gasteiger partial charge in [0.2, 0.25) is 0 Å². The van der Waals surface area contributed by atoms with Crippen molar-refractivity contribution in [2.45, 2.75) is 19.3 Å². The van der Waals surface area contributed by atoms with E-state index in [2.05, 4.69) is 25.8 Å². The molecule has 0 radical (unpaired) electrons. The molecule has 132 valence electrons. The number of anilines is 1. The number of carboxylic acids is 1. The Labute approximate surface area is 144 Å². The number of aliphatic carboxylic acids is 1. The molecular weight excluding hydrogens is 304 g/mol. The van der Waals surface area contributed by atoms with E-state index in [0.717, 1.165) is 51.6 Å². The summed E-state index contributed by atoms with van der Waals surface area (Å²) in [7, 11) is 0. The molecule has 1 aromatic heterocycles. The number of piperidine rings is 1. The number of nitrogens with zero attached hydrogens (tertiary/aromatic N) is 4. The summed E-state index contributed by atoms with van der Waals surface area (Å²) in [6.07, 6.45) is 4.58. The summed E-state index contributed by atoms with van der Waals surface area (Å²) >= 11 is 0.